The summed E-state index contributed by atoms with van der Waals surface area (Å²) in [5.41, 5.74) is 0.615. The van der Waals surface area contributed by atoms with Gasteiger partial charge in [0.2, 0.25) is 17.3 Å². The number of non-ortho nitro benzene ring substituents is 1. The van der Waals surface area contributed by atoms with Gasteiger partial charge in [0.25, 0.3) is 0 Å². The van der Waals surface area contributed by atoms with E-state index in [9.17, 15) is 24.5 Å². The lowest BCUT2D eigenvalue weighted by Crippen LogP contribution is -2.32. The van der Waals surface area contributed by atoms with Gasteiger partial charge < -0.3 is 10.4 Å². The number of nitro benzene ring substituents is 1. The molecule has 3 rings (SSSR count). The maximum atomic E-state index is 12.1. The van der Waals surface area contributed by atoms with Gasteiger partial charge in [0, 0.05) is 25.6 Å². The van der Waals surface area contributed by atoms with Crippen molar-refractivity contribution in [1.82, 2.24) is 15.2 Å². The molecule has 0 radical (unpaired) electrons. The van der Waals surface area contributed by atoms with Gasteiger partial charge in [0.15, 0.2) is 5.52 Å². The molecule has 2 N–H and O–H groups in total. The van der Waals surface area contributed by atoms with Crippen LogP contribution < -0.4 is 5.32 Å². The minimum atomic E-state index is -1.10. The molecular weight excluding hydrogens is 374 g/mol. The molecule has 0 spiro atoms. The molecule has 0 bridgehead atoms. The highest BCUT2D eigenvalue weighted by atomic mass is 16.6. The Labute approximate surface area is 157 Å². The van der Waals surface area contributed by atoms with E-state index in [-0.39, 0.29) is 42.0 Å². The number of aliphatic carboxylic acids is 1. The quantitative estimate of drug-likeness (QED) is 0.274. The Bertz CT molecular complexity index is 941. The molecule has 1 atom stereocenters. The van der Waals surface area contributed by atoms with Crippen molar-refractivity contribution >= 4 is 40.2 Å². The number of nitrogens with one attached hydrogen (secondary N) is 1. The molecule has 1 aromatic heterocycles. The van der Waals surface area contributed by atoms with Crippen molar-refractivity contribution < 1.29 is 29.0 Å². The molecule has 1 fully saturated rings. The van der Waals surface area contributed by atoms with Crippen molar-refractivity contribution in [3.05, 3.63) is 22.2 Å². The molecule has 1 aliphatic heterocycles. The van der Waals surface area contributed by atoms with Crippen LogP contribution in [0.1, 0.15) is 25.7 Å². The first kappa shape index (κ1) is 19.2. The molecule has 1 saturated heterocycles. The summed E-state index contributed by atoms with van der Waals surface area (Å²) >= 11 is 0. The molecule has 2 heterocycles. The number of amides is 2. The number of nitrogens with zero attached hydrogens (tertiary/aromatic N) is 4. The van der Waals surface area contributed by atoms with E-state index in [0.717, 1.165) is 4.90 Å². The van der Waals surface area contributed by atoms with Crippen molar-refractivity contribution in [3.8, 4) is 0 Å². The first-order valence-electron chi connectivity index (χ1n) is 8.58. The number of imide groups is 1. The molecular formula is C16H17N5O7. The van der Waals surface area contributed by atoms with Gasteiger partial charge in [0.1, 0.15) is 0 Å². The van der Waals surface area contributed by atoms with Gasteiger partial charge in [-0.2, -0.15) is 0 Å². The zero-order chi connectivity index (χ0) is 20.3. The van der Waals surface area contributed by atoms with Crippen LogP contribution in [0.4, 0.5) is 11.4 Å². The number of aromatic nitrogens is 2. The van der Waals surface area contributed by atoms with E-state index in [1.807, 2.05) is 0 Å². The van der Waals surface area contributed by atoms with Crippen LogP contribution in [-0.4, -0.2) is 56.1 Å². The minimum absolute atomic E-state index is 0.0488. The second-order valence-electron chi connectivity index (χ2n) is 6.37. The van der Waals surface area contributed by atoms with E-state index in [1.54, 1.807) is 0 Å². The number of carboxylic acid groups (broad SMARTS) is 1. The highest BCUT2D eigenvalue weighted by Crippen LogP contribution is 2.28. The lowest BCUT2D eigenvalue weighted by atomic mass is 10.0. The number of hydrogen-bond donors (Lipinski definition) is 2. The fraction of sp³-hybridized carbons (Fsp3) is 0.438. The summed E-state index contributed by atoms with van der Waals surface area (Å²) in [5.74, 6) is -2.67. The van der Waals surface area contributed by atoms with Gasteiger partial charge in [-0.25, -0.2) is 4.63 Å². The number of hydrogen-bond acceptors (Lipinski definition) is 9. The first-order valence-corrected chi connectivity index (χ1v) is 8.58. The normalized spacial score (nSPS) is 16.7. The van der Waals surface area contributed by atoms with Crippen LogP contribution in [0.3, 0.4) is 0 Å². The lowest BCUT2D eigenvalue weighted by molar-refractivity contribution is -0.383. The Kier molecular flexibility index (Phi) is 5.47. The van der Waals surface area contributed by atoms with Crippen LogP contribution in [0.5, 0.6) is 0 Å². The average molecular weight is 391 g/mol. The summed E-state index contributed by atoms with van der Waals surface area (Å²) in [4.78, 5) is 46.2. The number of likely N-dealkylation sites (tertiary alicyclic amines) is 1. The minimum Gasteiger partial charge on any atom is -0.481 e. The predicted molar refractivity (Wildman–Crippen MR) is 93.3 cm³/mol. The summed E-state index contributed by atoms with van der Waals surface area (Å²) in [6.07, 6.45) is 0.718. The first-order chi connectivity index (χ1) is 13.4. The third kappa shape index (κ3) is 3.89. The summed E-state index contributed by atoms with van der Waals surface area (Å²) in [6, 6.07) is 2.81. The number of carbonyl (C=O) groups excluding carboxylic acids is 2. The number of rotatable bonds is 9. The van der Waals surface area contributed by atoms with Crippen LogP contribution >= 0.6 is 0 Å². The van der Waals surface area contributed by atoms with Gasteiger partial charge in [0.05, 0.1) is 22.9 Å². The Hall–Kier alpha value is -3.57. The Balaban J connectivity index is 1.50. The van der Waals surface area contributed by atoms with Crippen LogP contribution in [0.25, 0.3) is 11.0 Å². The Morgan fingerprint density at radius 3 is 2.79 bits per heavy atom. The van der Waals surface area contributed by atoms with Gasteiger partial charge >= 0.3 is 11.7 Å². The number of benzene rings is 1. The van der Waals surface area contributed by atoms with Crippen LogP contribution in [-0.2, 0) is 14.4 Å². The van der Waals surface area contributed by atoms with Crippen molar-refractivity contribution in [2.24, 2.45) is 5.92 Å². The lowest BCUT2D eigenvalue weighted by Gasteiger charge is -2.14. The molecule has 148 valence electrons. The second-order valence-corrected chi connectivity index (χ2v) is 6.37. The van der Waals surface area contributed by atoms with Crippen LogP contribution in [0, 0.1) is 16.0 Å². The monoisotopic (exact) mass is 391 g/mol. The Morgan fingerprint density at radius 1 is 1.32 bits per heavy atom. The van der Waals surface area contributed by atoms with Crippen LogP contribution in [0.15, 0.2) is 16.8 Å². The van der Waals surface area contributed by atoms with E-state index >= 15 is 0 Å². The van der Waals surface area contributed by atoms with Gasteiger partial charge in [-0.3, -0.25) is 29.4 Å². The molecule has 2 aromatic rings. The molecule has 28 heavy (non-hydrogen) atoms. The van der Waals surface area contributed by atoms with Gasteiger partial charge in [-0.1, -0.05) is 0 Å². The summed E-state index contributed by atoms with van der Waals surface area (Å²) in [7, 11) is 0. The third-order valence-electron chi connectivity index (χ3n) is 4.47. The predicted octanol–water partition coefficient (Wildman–Crippen LogP) is 1.17. The standard InChI is InChI=1S/C16H17N5O7/c22-12-7-9(8-13(23)24)16(25)20(12)6-2-1-5-17-10-3-4-11(21(26)27)15-14(10)18-28-19-15/h3-4,9,17H,1-2,5-8H2,(H,23,24). The highest BCUT2D eigenvalue weighted by Gasteiger charge is 2.39. The summed E-state index contributed by atoms with van der Waals surface area (Å²) < 4.78 is 4.58. The topological polar surface area (TPSA) is 169 Å². The largest absolute Gasteiger partial charge is 0.481 e. The van der Waals surface area contributed by atoms with Crippen molar-refractivity contribution in [2.45, 2.75) is 25.7 Å². The van der Waals surface area contributed by atoms with Crippen LogP contribution in [0.2, 0.25) is 0 Å². The molecule has 0 saturated carbocycles. The number of anilines is 1. The zero-order valence-electron chi connectivity index (χ0n) is 14.7. The van der Waals surface area contributed by atoms with Gasteiger partial charge in [-0.05, 0) is 29.2 Å². The maximum absolute atomic E-state index is 12.1. The molecule has 1 aliphatic rings. The molecule has 12 heteroatoms. The second kappa shape index (κ2) is 7.98. The zero-order valence-corrected chi connectivity index (χ0v) is 14.7. The molecule has 1 unspecified atom stereocenters. The van der Waals surface area contributed by atoms with Crippen molar-refractivity contribution in [1.29, 1.82) is 0 Å². The van der Waals surface area contributed by atoms with E-state index in [1.165, 1.54) is 12.1 Å². The van der Waals surface area contributed by atoms with E-state index in [4.69, 9.17) is 5.11 Å². The molecule has 12 nitrogen and oxygen atoms in total. The fourth-order valence-electron chi connectivity index (χ4n) is 3.12. The summed E-state index contributed by atoms with van der Waals surface area (Å²) in [6.45, 7) is 0.686. The average Bonchev–Trinajstić information content (AvgIpc) is 3.21. The van der Waals surface area contributed by atoms with Crippen molar-refractivity contribution in [2.75, 3.05) is 18.4 Å². The SMILES string of the molecule is O=C(O)CC1CC(=O)N(CCCCNc2ccc([N+](=O)[O-])c3nonc23)C1=O. The van der Waals surface area contributed by atoms with E-state index < -0.39 is 22.7 Å². The number of fused-ring (bicyclic) bond motifs is 1. The smallest absolute Gasteiger partial charge is 0.304 e. The fourth-order valence-corrected chi connectivity index (χ4v) is 3.12. The maximum Gasteiger partial charge on any atom is 0.304 e. The number of nitro groups is 1. The Morgan fingerprint density at radius 2 is 2.07 bits per heavy atom. The highest BCUT2D eigenvalue weighted by molar-refractivity contribution is 6.04. The third-order valence-corrected chi connectivity index (χ3v) is 4.47. The molecule has 2 amide bonds. The number of carbonyl (C=O) groups is 3. The van der Waals surface area contributed by atoms with E-state index in [0.29, 0.717) is 25.1 Å². The van der Waals surface area contributed by atoms with Gasteiger partial charge in [-0.15, -0.1) is 0 Å². The molecule has 0 aliphatic carbocycles. The van der Waals surface area contributed by atoms with Crippen molar-refractivity contribution in [3.63, 3.8) is 0 Å². The number of carboxylic acids is 1. The number of unbranched alkanes of at least 4 members (excludes halogenated alkanes) is 1. The van der Waals surface area contributed by atoms with E-state index in [2.05, 4.69) is 20.3 Å². The summed E-state index contributed by atoms with van der Waals surface area (Å²) in [5, 5.41) is 30.0. The molecule has 1 aromatic carbocycles.